The van der Waals surface area contributed by atoms with Gasteiger partial charge in [0, 0.05) is 22.1 Å². The van der Waals surface area contributed by atoms with Crippen molar-refractivity contribution >= 4 is 29.2 Å². The number of thioether (sulfide) groups is 2. The molecule has 19 heavy (non-hydrogen) atoms. The normalized spacial score (nSPS) is 17.8. The van der Waals surface area contributed by atoms with E-state index in [0.29, 0.717) is 6.04 Å². The van der Waals surface area contributed by atoms with Crippen LogP contribution in [0.5, 0.6) is 0 Å². The molecule has 0 radical (unpaired) electrons. The van der Waals surface area contributed by atoms with E-state index in [1.807, 2.05) is 11.8 Å². The van der Waals surface area contributed by atoms with Crippen LogP contribution in [-0.2, 0) is 5.75 Å². The fourth-order valence-corrected chi connectivity index (χ4v) is 3.97. The van der Waals surface area contributed by atoms with Crippen molar-refractivity contribution in [3.63, 3.8) is 0 Å². The highest BCUT2D eigenvalue weighted by atomic mass is 32.2. The summed E-state index contributed by atoms with van der Waals surface area (Å²) < 4.78 is 0. The third-order valence-corrected chi connectivity index (χ3v) is 5.19. The molecule has 1 atom stereocenters. The summed E-state index contributed by atoms with van der Waals surface area (Å²) in [5.74, 6) is 2.28. The summed E-state index contributed by atoms with van der Waals surface area (Å²) in [5, 5.41) is 3.68. The predicted molar refractivity (Wildman–Crippen MR) is 87.2 cm³/mol. The third-order valence-electron chi connectivity index (χ3n) is 3.38. The van der Waals surface area contributed by atoms with Gasteiger partial charge >= 0.3 is 0 Å². The van der Waals surface area contributed by atoms with Crippen molar-refractivity contribution in [1.82, 2.24) is 0 Å². The maximum Gasteiger partial charge on any atom is 0.0607 e. The molecule has 0 saturated carbocycles. The minimum atomic E-state index is 0.423. The van der Waals surface area contributed by atoms with Crippen LogP contribution in [0.3, 0.4) is 0 Å². The molecular formula is C16H17NS2. The summed E-state index contributed by atoms with van der Waals surface area (Å²) in [6, 6.07) is 17.9. The van der Waals surface area contributed by atoms with Crippen LogP contribution in [0.25, 0.3) is 0 Å². The summed E-state index contributed by atoms with van der Waals surface area (Å²) in [6.45, 7) is 0. The fourth-order valence-electron chi connectivity index (χ4n) is 2.42. The van der Waals surface area contributed by atoms with Crippen molar-refractivity contribution in [1.29, 1.82) is 0 Å². The summed E-state index contributed by atoms with van der Waals surface area (Å²) in [6.07, 6.45) is 2.12. The minimum absolute atomic E-state index is 0.423. The number of nitrogens with one attached hydrogen (secondary N) is 1. The minimum Gasteiger partial charge on any atom is -0.377 e. The van der Waals surface area contributed by atoms with Crippen LogP contribution < -0.4 is 5.32 Å². The lowest BCUT2D eigenvalue weighted by molar-refractivity contribution is 0.870. The van der Waals surface area contributed by atoms with E-state index < -0.39 is 0 Å². The zero-order valence-corrected chi connectivity index (χ0v) is 12.6. The Kier molecular flexibility index (Phi) is 4.04. The van der Waals surface area contributed by atoms with E-state index in [0.717, 1.165) is 11.5 Å². The maximum absolute atomic E-state index is 3.68. The molecule has 1 unspecified atom stereocenters. The van der Waals surface area contributed by atoms with Gasteiger partial charge in [-0.25, -0.2) is 0 Å². The van der Waals surface area contributed by atoms with E-state index >= 15 is 0 Å². The SMILES string of the molecule is CSc1cccc(NC2CSCc3ccccc32)c1. The van der Waals surface area contributed by atoms with Crippen LogP contribution in [-0.4, -0.2) is 12.0 Å². The highest BCUT2D eigenvalue weighted by molar-refractivity contribution is 7.98. The zero-order chi connectivity index (χ0) is 13.1. The highest BCUT2D eigenvalue weighted by Gasteiger charge is 2.19. The largest absolute Gasteiger partial charge is 0.377 e. The molecule has 0 amide bonds. The Morgan fingerprint density at radius 3 is 2.95 bits per heavy atom. The van der Waals surface area contributed by atoms with Crippen LogP contribution in [0.2, 0.25) is 0 Å². The van der Waals surface area contributed by atoms with E-state index in [1.165, 1.54) is 21.7 Å². The molecule has 1 heterocycles. The molecule has 2 aromatic carbocycles. The Labute approximate surface area is 123 Å². The fraction of sp³-hybridized carbons (Fsp3) is 0.250. The smallest absolute Gasteiger partial charge is 0.0607 e. The second-order valence-electron chi connectivity index (χ2n) is 4.64. The highest BCUT2D eigenvalue weighted by Crippen LogP contribution is 2.34. The van der Waals surface area contributed by atoms with Crippen molar-refractivity contribution < 1.29 is 0 Å². The molecule has 98 valence electrons. The summed E-state index contributed by atoms with van der Waals surface area (Å²) >= 11 is 3.79. The second kappa shape index (κ2) is 5.93. The van der Waals surface area contributed by atoms with Gasteiger partial charge in [0.2, 0.25) is 0 Å². The van der Waals surface area contributed by atoms with E-state index in [1.54, 1.807) is 11.8 Å². The predicted octanol–water partition coefficient (Wildman–Crippen LogP) is 4.81. The van der Waals surface area contributed by atoms with Crippen molar-refractivity contribution in [2.45, 2.75) is 16.7 Å². The van der Waals surface area contributed by atoms with Gasteiger partial charge in [-0.3, -0.25) is 0 Å². The zero-order valence-electron chi connectivity index (χ0n) is 10.9. The molecule has 3 rings (SSSR count). The lowest BCUT2D eigenvalue weighted by Crippen LogP contribution is -2.18. The summed E-state index contributed by atoms with van der Waals surface area (Å²) in [7, 11) is 0. The number of hydrogen-bond acceptors (Lipinski definition) is 3. The standard InChI is InChI=1S/C16H17NS2/c1-18-14-7-4-6-13(9-14)17-16-11-19-10-12-5-2-3-8-15(12)16/h2-9,16-17H,10-11H2,1H3. The number of fused-ring (bicyclic) bond motifs is 1. The molecule has 3 heteroatoms. The van der Waals surface area contributed by atoms with Crippen molar-refractivity contribution in [3.8, 4) is 0 Å². The van der Waals surface area contributed by atoms with Crippen LogP contribution in [0.4, 0.5) is 5.69 Å². The van der Waals surface area contributed by atoms with Crippen LogP contribution in [0, 0.1) is 0 Å². The second-order valence-corrected chi connectivity index (χ2v) is 6.55. The van der Waals surface area contributed by atoms with Crippen molar-refractivity contribution in [2.75, 3.05) is 17.3 Å². The van der Waals surface area contributed by atoms with Gasteiger partial charge in [-0.1, -0.05) is 30.3 Å². The van der Waals surface area contributed by atoms with Gasteiger partial charge in [-0.15, -0.1) is 11.8 Å². The molecule has 0 fully saturated rings. The summed E-state index contributed by atoms with van der Waals surface area (Å²) in [5.41, 5.74) is 4.14. The van der Waals surface area contributed by atoms with Crippen molar-refractivity contribution in [3.05, 3.63) is 59.7 Å². The van der Waals surface area contributed by atoms with Crippen LogP contribution >= 0.6 is 23.5 Å². The van der Waals surface area contributed by atoms with Gasteiger partial charge in [-0.2, -0.15) is 11.8 Å². The molecule has 2 aromatic rings. The monoisotopic (exact) mass is 287 g/mol. The van der Waals surface area contributed by atoms with E-state index in [2.05, 4.69) is 60.1 Å². The van der Waals surface area contributed by atoms with Gasteiger partial charge in [0.25, 0.3) is 0 Å². The van der Waals surface area contributed by atoms with Crippen LogP contribution in [0.1, 0.15) is 17.2 Å². The van der Waals surface area contributed by atoms with Crippen molar-refractivity contribution in [2.24, 2.45) is 0 Å². The quantitative estimate of drug-likeness (QED) is 0.814. The Bertz CT molecular complexity index is 568. The number of hydrogen-bond donors (Lipinski definition) is 1. The molecule has 1 N–H and O–H groups in total. The lowest BCUT2D eigenvalue weighted by atomic mass is 10.0. The molecule has 1 nitrogen and oxygen atoms in total. The average molecular weight is 287 g/mol. The third kappa shape index (κ3) is 2.93. The van der Waals surface area contributed by atoms with Gasteiger partial charge in [0.1, 0.15) is 0 Å². The molecule has 0 aliphatic carbocycles. The first-order valence-electron chi connectivity index (χ1n) is 6.43. The van der Waals surface area contributed by atoms with E-state index in [-0.39, 0.29) is 0 Å². The number of anilines is 1. The van der Waals surface area contributed by atoms with Crippen LogP contribution in [0.15, 0.2) is 53.4 Å². The lowest BCUT2D eigenvalue weighted by Gasteiger charge is -2.27. The number of benzene rings is 2. The summed E-state index contributed by atoms with van der Waals surface area (Å²) in [4.78, 5) is 1.31. The molecule has 0 spiro atoms. The van der Waals surface area contributed by atoms with Gasteiger partial charge in [0.05, 0.1) is 6.04 Å². The molecule has 0 saturated heterocycles. The molecule has 0 aromatic heterocycles. The molecule has 0 bridgehead atoms. The first-order chi connectivity index (χ1) is 9.36. The van der Waals surface area contributed by atoms with E-state index in [9.17, 15) is 0 Å². The molecular weight excluding hydrogens is 270 g/mol. The Morgan fingerprint density at radius 1 is 1.16 bits per heavy atom. The topological polar surface area (TPSA) is 12.0 Å². The molecule has 1 aliphatic heterocycles. The Balaban J connectivity index is 1.84. The van der Waals surface area contributed by atoms with Gasteiger partial charge < -0.3 is 5.32 Å². The average Bonchev–Trinajstić information content (AvgIpc) is 2.48. The Morgan fingerprint density at radius 2 is 2.05 bits per heavy atom. The molecule has 1 aliphatic rings. The first kappa shape index (κ1) is 12.9. The van der Waals surface area contributed by atoms with Gasteiger partial charge in [-0.05, 0) is 35.6 Å². The van der Waals surface area contributed by atoms with Gasteiger partial charge in [0.15, 0.2) is 0 Å². The Hall–Kier alpha value is -1.06. The first-order valence-corrected chi connectivity index (χ1v) is 8.81. The van der Waals surface area contributed by atoms with E-state index in [4.69, 9.17) is 0 Å². The maximum atomic E-state index is 3.68. The number of rotatable bonds is 3.